The highest BCUT2D eigenvalue weighted by Crippen LogP contribution is 2.06. The molecule has 16 heavy (non-hydrogen) atoms. The molecule has 1 unspecified atom stereocenters. The van der Waals surface area contributed by atoms with Crippen LogP contribution in [-0.4, -0.2) is 44.2 Å². The Bertz CT molecular complexity index is 195. The van der Waals surface area contributed by atoms with Crippen LogP contribution in [0.4, 0.5) is 0 Å². The maximum Gasteiger partial charge on any atom is 0.222 e. The normalized spacial score (nSPS) is 12.9. The first-order chi connectivity index (χ1) is 7.51. The molecule has 4 nitrogen and oxygen atoms in total. The summed E-state index contributed by atoms with van der Waals surface area (Å²) in [7, 11) is 1.65. The fourth-order valence-electron chi connectivity index (χ4n) is 1.47. The van der Waals surface area contributed by atoms with Crippen LogP contribution in [0.1, 0.15) is 27.2 Å². The number of ether oxygens (including phenoxy) is 1. The summed E-state index contributed by atoms with van der Waals surface area (Å²) >= 11 is 0. The molecule has 0 bridgehead atoms. The molecule has 1 amide bonds. The second kappa shape index (κ2) is 8.53. The number of methoxy groups -OCH3 is 1. The predicted octanol–water partition coefficient (Wildman–Crippen LogP) is 1.10. The molecule has 0 radical (unpaired) electrons. The van der Waals surface area contributed by atoms with Gasteiger partial charge in [0, 0.05) is 26.6 Å². The fraction of sp³-hybridized carbons (Fsp3) is 0.917. The summed E-state index contributed by atoms with van der Waals surface area (Å²) < 4.78 is 5.02. The molecular weight excluding hydrogens is 204 g/mol. The van der Waals surface area contributed by atoms with Gasteiger partial charge in [-0.05, 0) is 18.4 Å². The summed E-state index contributed by atoms with van der Waals surface area (Å²) in [5.74, 6) is 0.919. The van der Waals surface area contributed by atoms with E-state index in [2.05, 4.69) is 13.8 Å². The van der Waals surface area contributed by atoms with Crippen LogP contribution in [0, 0.1) is 11.8 Å². The first-order valence-electron chi connectivity index (χ1n) is 5.98. The standard InChI is InChI=1S/C12H26N2O2/c1-10(2)9-14(5-6-16-4)12(15)7-11(3)8-13/h10-11H,5-9,13H2,1-4H3. The van der Waals surface area contributed by atoms with Gasteiger partial charge in [0.05, 0.1) is 6.61 Å². The summed E-state index contributed by atoms with van der Waals surface area (Å²) in [5, 5.41) is 0. The van der Waals surface area contributed by atoms with Gasteiger partial charge in [-0.25, -0.2) is 0 Å². The number of carbonyl (C=O) groups excluding carboxylic acids is 1. The Kier molecular flexibility index (Phi) is 8.21. The Morgan fingerprint density at radius 3 is 2.44 bits per heavy atom. The van der Waals surface area contributed by atoms with Crippen molar-refractivity contribution >= 4 is 5.91 Å². The van der Waals surface area contributed by atoms with Crippen LogP contribution in [0.15, 0.2) is 0 Å². The molecule has 96 valence electrons. The van der Waals surface area contributed by atoms with E-state index >= 15 is 0 Å². The van der Waals surface area contributed by atoms with E-state index in [1.165, 1.54) is 0 Å². The van der Waals surface area contributed by atoms with E-state index in [4.69, 9.17) is 10.5 Å². The minimum atomic E-state index is 0.184. The quantitative estimate of drug-likeness (QED) is 0.679. The van der Waals surface area contributed by atoms with E-state index < -0.39 is 0 Å². The molecule has 0 saturated carbocycles. The van der Waals surface area contributed by atoms with Crippen molar-refractivity contribution in [3.05, 3.63) is 0 Å². The van der Waals surface area contributed by atoms with Gasteiger partial charge in [-0.3, -0.25) is 4.79 Å². The monoisotopic (exact) mass is 230 g/mol. The highest BCUT2D eigenvalue weighted by molar-refractivity contribution is 5.76. The lowest BCUT2D eigenvalue weighted by molar-refractivity contribution is -0.133. The van der Waals surface area contributed by atoms with Crippen molar-refractivity contribution in [2.24, 2.45) is 17.6 Å². The maximum absolute atomic E-state index is 12.0. The van der Waals surface area contributed by atoms with Crippen molar-refractivity contribution in [1.29, 1.82) is 0 Å². The van der Waals surface area contributed by atoms with E-state index in [0.29, 0.717) is 32.0 Å². The van der Waals surface area contributed by atoms with Crippen molar-refractivity contribution in [3.63, 3.8) is 0 Å². The number of hydrogen-bond acceptors (Lipinski definition) is 3. The molecule has 0 aromatic carbocycles. The number of nitrogens with two attached hydrogens (primary N) is 1. The van der Waals surface area contributed by atoms with Gasteiger partial charge in [0.2, 0.25) is 5.91 Å². The van der Waals surface area contributed by atoms with Gasteiger partial charge in [0.25, 0.3) is 0 Å². The molecule has 4 heteroatoms. The van der Waals surface area contributed by atoms with E-state index in [1.54, 1.807) is 7.11 Å². The van der Waals surface area contributed by atoms with Crippen LogP contribution in [0.2, 0.25) is 0 Å². The fourth-order valence-corrected chi connectivity index (χ4v) is 1.47. The Hall–Kier alpha value is -0.610. The number of rotatable bonds is 8. The summed E-state index contributed by atoms with van der Waals surface area (Å²) in [5.41, 5.74) is 5.53. The number of amides is 1. The highest BCUT2D eigenvalue weighted by Gasteiger charge is 2.16. The lowest BCUT2D eigenvalue weighted by atomic mass is 10.1. The van der Waals surface area contributed by atoms with Crippen LogP contribution in [0.5, 0.6) is 0 Å². The molecule has 0 rings (SSSR count). The van der Waals surface area contributed by atoms with Crippen molar-refractivity contribution in [2.45, 2.75) is 27.2 Å². The van der Waals surface area contributed by atoms with Crippen molar-refractivity contribution < 1.29 is 9.53 Å². The maximum atomic E-state index is 12.0. The largest absolute Gasteiger partial charge is 0.383 e. The minimum absolute atomic E-state index is 0.184. The third kappa shape index (κ3) is 6.80. The molecule has 0 aliphatic carbocycles. The predicted molar refractivity (Wildman–Crippen MR) is 66.1 cm³/mol. The Morgan fingerprint density at radius 1 is 1.38 bits per heavy atom. The van der Waals surface area contributed by atoms with E-state index in [-0.39, 0.29) is 11.8 Å². The molecule has 0 fully saturated rings. The van der Waals surface area contributed by atoms with Crippen molar-refractivity contribution in [3.8, 4) is 0 Å². The second-order valence-electron chi connectivity index (χ2n) is 4.77. The zero-order chi connectivity index (χ0) is 12.6. The van der Waals surface area contributed by atoms with Gasteiger partial charge in [-0.2, -0.15) is 0 Å². The third-order valence-corrected chi connectivity index (χ3v) is 2.43. The summed E-state index contributed by atoms with van der Waals surface area (Å²) in [4.78, 5) is 13.8. The SMILES string of the molecule is COCCN(CC(C)C)C(=O)CC(C)CN. The molecule has 0 aliphatic heterocycles. The molecule has 0 aliphatic rings. The molecule has 0 spiro atoms. The molecule has 0 heterocycles. The first-order valence-corrected chi connectivity index (χ1v) is 5.98. The number of hydrogen-bond donors (Lipinski definition) is 1. The zero-order valence-corrected chi connectivity index (χ0v) is 11.0. The van der Waals surface area contributed by atoms with Crippen LogP contribution in [-0.2, 0) is 9.53 Å². The molecule has 0 aromatic rings. The Labute approximate surface area is 99.1 Å². The van der Waals surface area contributed by atoms with E-state index in [0.717, 1.165) is 6.54 Å². The van der Waals surface area contributed by atoms with Crippen LogP contribution in [0.25, 0.3) is 0 Å². The summed E-state index contributed by atoms with van der Waals surface area (Å²) in [6.07, 6.45) is 0.535. The highest BCUT2D eigenvalue weighted by atomic mass is 16.5. The van der Waals surface area contributed by atoms with E-state index in [1.807, 2.05) is 11.8 Å². The average molecular weight is 230 g/mol. The third-order valence-electron chi connectivity index (χ3n) is 2.43. The Morgan fingerprint density at radius 2 is 2.00 bits per heavy atom. The van der Waals surface area contributed by atoms with Crippen molar-refractivity contribution in [1.82, 2.24) is 4.90 Å². The van der Waals surface area contributed by atoms with Crippen LogP contribution >= 0.6 is 0 Å². The molecule has 0 saturated heterocycles. The smallest absolute Gasteiger partial charge is 0.222 e. The lowest BCUT2D eigenvalue weighted by Gasteiger charge is -2.25. The first kappa shape index (κ1) is 15.4. The van der Waals surface area contributed by atoms with E-state index in [9.17, 15) is 4.79 Å². The van der Waals surface area contributed by atoms with Gasteiger partial charge >= 0.3 is 0 Å². The van der Waals surface area contributed by atoms with Crippen LogP contribution < -0.4 is 5.73 Å². The van der Waals surface area contributed by atoms with Crippen LogP contribution in [0.3, 0.4) is 0 Å². The van der Waals surface area contributed by atoms with Gasteiger partial charge in [0.15, 0.2) is 0 Å². The van der Waals surface area contributed by atoms with Gasteiger partial charge in [0.1, 0.15) is 0 Å². The topological polar surface area (TPSA) is 55.6 Å². The summed E-state index contributed by atoms with van der Waals surface area (Å²) in [6.45, 7) is 8.84. The molecule has 1 atom stereocenters. The minimum Gasteiger partial charge on any atom is -0.383 e. The lowest BCUT2D eigenvalue weighted by Crippen LogP contribution is -2.38. The Balaban J connectivity index is 4.19. The van der Waals surface area contributed by atoms with Crippen molar-refractivity contribution in [2.75, 3.05) is 33.4 Å². The average Bonchev–Trinajstić information content (AvgIpc) is 2.23. The zero-order valence-electron chi connectivity index (χ0n) is 11.0. The van der Waals surface area contributed by atoms with Gasteiger partial charge < -0.3 is 15.4 Å². The summed E-state index contributed by atoms with van der Waals surface area (Å²) in [6, 6.07) is 0. The second-order valence-corrected chi connectivity index (χ2v) is 4.77. The molecular formula is C12H26N2O2. The van der Waals surface area contributed by atoms with Gasteiger partial charge in [-0.15, -0.1) is 0 Å². The molecule has 0 aromatic heterocycles. The molecule has 2 N–H and O–H groups in total. The van der Waals surface area contributed by atoms with Gasteiger partial charge in [-0.1, -0.05) is 20.8 Å². The number of carbonyl (C=O) groups is 1. The number of nitrogens with zero attached hydrogens (tertiary/aromatic N) is 1.